The molecule has 2 rings (SSSR count). The Morgan fingerprint density at radius 3 is 2.94 bits per heavy atom. The molecule has 0 saturated carbocycles. The van der Waals surface area contributed by atoms with E-state index in [1.54, 1.807) is 11.8 Å². The minimum Gasteiger partial charge on any atom is -0.373 e. The minimum absolute atomic E-state index is 0.130. The minimum atomic E-state index is -0.130. The van der Waals surface area contributed by atoms with Crippen LogP contribution in [0.4, 0.5) is 0 Å². The first-order chi connectivity index (χ1) is 8.68. The van der Waals surface area contributed by atoms with E-state index in [0.29, 0.717) is 17.5 Å². The molecular formula is C13H24N2O2S. The maximum absolute atomic E-state index is 11.8. The maximum atomic E-state index is 11.8. The number of rotatable bonds is 5. The number of amides is 1. The summed E-state index contributed by atoms with van der Waals surface area (Å²) in [6, 6.07) is 0. The van der Waals surface area contributed by atoms with E-state index in [4.69, 9.17) is 4.74 Å². The van der Waals surface area contributed by atoms with Crippen LogP contribution in [0.5, 0.6) is 0 Å². The van der Waals surface area contributed by atoms with Gasteiger partial charge in [-0.15, -0.1) is 11.8 Å². The van der Waals surface area contributed by atoms with E-state index in [9.17, 15) is 4.79 Å². The SMILES string of the molecule is CC1(CNC(=O)CSC2CCNCC2)CCCO1. The van der Waals surface area contributed by atoms with Gasteiger partial charge in [-0.05, 0) is 45.7 Å². The molecule has 0 aromatic heterocycles. The van der Waals surface area contributed by atoms with E-state index in [0.717, 1.165) is 32.5 Å². The first kappa shape index (κ1) is 14.2. The van der Waals surface area contributed by atoms with E-state index in [1.165, 1.54) is 12.8 Å². The number of carbonyl (C=O) groups excluding carboxylic acids is 1. The summed E-state index contributed by atoms with van der Waals surface area (Å²) in [4.78, 5) is 11.8. The van der Waals surface area contributed by atoms with E-state index in [-0.39, 0.29) is 11.5 Å². The number of thioether (sulfide) groups is 1. The summed E-state index contributed by atoms with van der Waals surface area (Å²) in [5, 5.41) is 6.99. The fourth-order valence-electron chi connectivity index (χ4n) is 2.47. The summed E-state index contributed by atoms with van der Waals surface area (Å²) in [6.07, 6.45) is 4.52. The van der Waals surface area contributed by atoms with E-state index >= 15 is 0 Å². The smallest absolute Gasteiger partial charge is 0.230 e. The van der Waals surface area contributed by atoms with Crippen LogP contribution in [-0.2, 0) is 9.53 Å². The fraction of sp³-hybridized carbons (Fsp3) is 0.923. The summed E-state index contributed by atoms with van der Waals surface area (Å²) < 4.78 is 5.66. The van der Waals surface area contributed by atoms with Gasteiger partial charge in [0.05, 0.1) is 11.4 Å². The Balaban J connectivity index is 1.59. The van der Waals surface area contributed by atoms with Crippen molar-refractivity contribution in [2.75, 3.05) is 32.0 Å². The molecule has 0 bridgehead atoms. The quantitative estimate of drug-likeness (QED) is 0.788. The Labute approximate surface area is 114 Å². The van der Waals surface area contributed by atoms with Crippen LogP contribution in [0.25, 0.3) is 0 Å². The monoisotopic (exact) mass is 272 g/mol. The molecule has 0 aromatic carbocycles. The van der Waals surface area contributed by atoms with Crippen LogP contribution < -0.4 is 10.6 Å². The molecule has 0 aromatic rings. The number of nitrogens with one attached hydrogen (secondary N) is 2. The highest BCUT2D eigenvalue weighted by Gasteiger charge is 2.30. The topological polar surface area (TPSA) is 50.4 Å². The third kappa shape index (κ3) is 4.44. The molecule has 2 aliphatic rings. The summed E-state index contributed by atoms with van der Waals surface area (Å²) in [6.45, 7) is 5.74. The fourth-order valence-corrected chi connectivity index (χ4v) is 3.53. The lowest BCUT2D eigenvalue weighted by molar-refractivity contribution is -0.119. The summed E-state index contributed by atoms with van der Waals surface area (Å²) in [5.74, 6) is 0.732. The second-order valence-electron chi connectivity index (χ2n) is 5.44. The molecule has 2 aliphatic heterocycles. The number of piperidine rings is 1. The standard InChI is InChI=1S/C13H24N2O2S/c1-13(5-2-8-17-13)10-15-12(16)9-18-11-3-6-14-7-4-11/h11,14H,2-10H2,1H3,(H,15,16). The van der Waals surface area contributed by atoms with Crippen LogP contribution in [0.3, 0.4) is 0 Å². The molecular weight excluding hydrogens is 248 g/mol. The second kappa shape index (κ2) is 6.78. The summed E-state index contributed by atoms with van der Waals surface area (Å²) >= 11 is 1.79. The zero-order valence-electron chi connectivity index (χ0n) is 11.2. The zero-order valence-corrected chi connectivity index (χ0v) is 12.0. The predicted octanol–water partition coefficient (Wildman–Crippen LogP) is 1.16. The highest BCUT2D eigenvalue weighted by atomic mass is 32.2. The first-order valence-corrected chi connectivity index (χ1v) is 7.96. The van der Waals surface area contributed by atoms with E-state index in [1.807, 2.05) is 0 Å². The molecule has 4 nitrogen and oxygen atoms in total. The van der Waals surface area contributed by atoms with Gasteiger partial charge in [-0.2, -0.15) is 0 Å². The van der Waals surface area contributed by atoms with Gasteiger partial charge in [0, 0.05) is 18.4 Å². The van der Waals surface area contributed by atoms with Gasteiger partial charge in [-0.25, -0.2) is 0 Å². The van der Waals surface area contributed by atoms with Crippen molar-refractivity contribution in [2.24, 2.45) is 0 Å². The molecule has 2 heterocycles. The normalized spacial score (nSPS) is 29.4. The maximum Gasteiger partial charge on any atom is 0.230 e. The van der Waals surface area contributed by atoms with Crippen molar-refractivity contribution in [1.29, 1.82) is 0 Å². The first-order valence-electron chi connectivity index (χ1n) is 6.91. The number of carbonyl (C=O) groups is 1. The Hall–Kier alpha value is -0.260. The van der Waals surface area contributed by atoms with Gasteiger partial charge in [0.15, 0.2) is 0 Å². The third-order valence-corrected chi connectivity index (χ3v) is 5.07. The third-order valence-electron chi connectivity index (χ3n) is 3.70. The number of hydrogen-bond donors (Lipinski definition) is 2. The van der Waals surface area contributed by atoms with Gasteiger partial charge in [-0.1, -0.05) is 0 Å². The van der Waals surface area contributed by atoms with Crippen molar-refractivity contribution in [3.63, 3.8) is 0 Å². The van der Waals surface area contributed by atoms with Gasteiger partial charge in [0.25, 0.3) is 0 Å². The highest BCUT2D eigenvalue weighted by molar-refractivity contribution is 8.00. The number of hydrogen-bond acceptors (Lipinski definition) is 4. The Kier molecular flexibility index (Phi) is 5.33. The largest absolute Gasteiger partial charge is 0.373 e. The van der Waals surface area contributed by atoms with Crippen LogP contribution in [0.1, 0.15) is 32.6 Å². The molecule has 0 radical (unpaired) electrons. The summed E-state index contributed by atoms with van der Waals surface area (Å²) in [5.41, 5.74) is -0.130. The highest BCUT2D eigenvalue weighted by Crippen LogP contribution is 2.24. The Bertz CT molecular complexity index is 274. The van der Waals surface area contributed by atoms with Crippen molar-refractivity contribution in [3.05, 3.63) is 0 Å². The number of ether oxygens (including phenoxy) is 1. The van der Waals surface area contributed by atoms with Crippen LogP contribution >= 0.6 is 11.8 Å². The molecule has 1 atom stereocenters. The van der Waals surface area contributed by atoms with Crippen LogP contribution in [-0.4, -0.2) is 48.8 Å². The molecule has 2 saturated heterocycles. The van der Waals surface area contributed by atoms with E-state index < -0.39 is 0 Å². The average molecular weight is 272 g/mol. The van der Waals surface area contributed by atoms with Gasteiger partial charge in [-0.3, -0.25) is 4.79 Å². The molecule has 1 unspecified atom stereocenters. The van der Waals surface area contributed by atoms with Crippen molar-refractivity contribution in [3.8, 4) is 0 Å². The van der Waals surface area contributed by atoms with Crippen molar-refractivity contribution < 1.29 is 9.53 Å². The molecule has 0 spiro atoms. The Morgan fingerprint density at radius 1 is 1.50 bits per heavy atom. The zero-order chi connectivity index (χ0) is 12.8. The molecule has 104 valence electrons. The lowest BCUT2D eigenvalue weighted by Crippen LogP contribution is -2.41. The predicted molar refractivity (Wildman–Crippen MR) is 75.0 cm³/mol. The van der Waals surface area contributed by atoms with Crippen molar-refractivity contribution in [1.82, 2.24) is 10.6 Å². The Morgan fingerprint density at radius 2 is 2.28 bits per heavy atom. The van der Waals surface area contributed by atoms with Gasteiger partial charge in [0.2, 0.25) is 5.91 Å². The molecule has 2 N–H and O–H groups in total. The lowest BCUT2D eigenvalue weighted by Gasteiger charge is -2.24. The molecule has 5 heteroatoms. The van der Waals surface area contributed by atoms with E-state index in [2.05, 4.69) is 17.6 Å². The molecule has 2 fully saturated rings. The van der Waals surface area contributed by atoms with Gasteiger partial charge < -0.3 is 15.4 Å². The molecule has 1 amide bonds. The van der Waals surface area contributed by atoms with Crippen LogP contribution in [0.15, 0.2) is 0 Å². The summed E-state index contributed by atoms with van der Waals surface area (Å²) in [7, 11) is 0. The second-order valence-corrected chi connectivity index (χ2v) is 6.73. The van der Waals surface area contributed by atoms with Crippen LogP contribution in [0.2, 0.25) is 0 Å². The van der Waals surface area contributed by atoms with Crippen LogP contribution in [0, 0.1) is 0 Å². The van der Waals surface area contributed by atoms with Crippen molar-refractivity contribution in [2.45, 2.75) is 43.5 Å². The average Bonchev–Trinajstić information content (AvgIpc) is 2.83. The lowest BCUT2D eigenvalue weighted by atomic mass is 10.0. The molecule has 0 aliphatic carbocycles. The van der Waals surface area contributed by atoms with Gasteiger partial charge in [0.1, 0.15) is 0 Å². The molecule has 18 heavy (non-hydrogen) atoms. The van der Waals surface area contributed by atoms with Crippen molar-refractivity contribution >= 4 is 17.7 Å². The van der Waals surface area contributed by atoms with Gasteiger partial charge >= 0.3 is 0 Å².